The molecule has 0 saturated heterocycles. The number of Topliss-reactive ketones (excluding diaryl/α,β-unsaturated/α-hetero) is 1. The fourth-order valence-electron chi connectivity index (χ4n) is 6.87. The van der Waals surface area contributed by atoms with Crippen LogP contribution in [0.15, 0.2) is 138 Å². The molecule has 5 nitrogen and oxygen atoms in total. The van der Waals surface area contributed by atoms with Gasteiger partial charge in [-0.1, -0.05) is 72.8 Å². The first-order chi connectivity index (χ1) is 21.2. The predicted octanol–water partition coefficient (Wildman–Crippen LogP) is 8.84. The zero-order chi connectivity index (χ0) is 28.7. The Labute approximate surface area is 246 Å². The second-order valence-corrected chi connectivity index (χ2v) is 11.3. The van der Waals surface area contributed by atoms with Gasteiger partial charge in [0.25, 0.3) is 5.78 Å². The minimum atomic E-state index is -0.520. The fraction of sp³-hybridized carbons (Fsp3) is 0.0526. The van der Waals surface area contributed by atoms with E-state index >= 15 is 0 Å². The average Bonchev–Trinajstić information content (AvgIpc) is 3.67. The topological polar surface area (TPSA) is 55.5 Å². The van der Waals surface area contributed by atoms with E-state index in [4.69, 9.17) is 4.42 Å². The second kappa shape index (κ2) is 8.91. The van der Waals surface area contributed by atoms with Gasteiger partial charge in [-0.05, 0) is 60.5 Å². The number of hydrogen-bond acceptors (Lipinski definition) is 3. The number of furan rings is 1. The maximum atomic E-state index is 13.4. The smallest absolute Gasteiger partial charge is 0.303 e. The number of para-hydroxylation sites is 3. The molecule has 0 fully saturated rings. The lowest BCUT2D eigenvalue weighted by atomic mass is 9.89. The molecule has 5 heteroatoms. The molecule has 5 aromatic carbocycles. The summed E-state index contributed by atoms with van der Waals surface area (Å²) in [5, 5.41) is 4.16. The largest absolute Gasteiger partial charge is 0.456 e. The first-order valence-corrected chi connectivity index (χ1v) is 14.5. The zero-order valence-corrected chi connectivity index (χ0v) is 23.0. The number of anilines is 1. The van der Waals surface area contributed by atoms with Crippen LogP contribution in [0.4, 0.5) is 5.69 Å². The van der Waals surface area contributed by atoms with Gasteiger partial charge in [-0.3, -0.25) is 14.5 Å². The molecule has 1 aliphatic heterocycles. The van der Waals surface area contributed by atoms with Gasteiger partial charge in [-0.2, -0.15) is 0 Å². The average molecular weight is 557 g/mol. The minimum Gasteiger partial charge on any atom is -0.456 e. The number of amides is 1. The van der Waals surface area contributed by atoms with Gasteiger partial charge in [-0.15, -0.1) is 0 Å². The number of benzene rings is 5. The number of carbonyl (C=O) groups excluding carboxylic acids is 2. The molecular weight excluding hydrogens is 532 g/mol. The summed E-state index contributed by atoms with van der Waals surface area (Å²) in [6.45, 7) is 0. The Morgan fingerprint density at radius 3 is 2.33 bits per heavy atom. The lowest BCUT2D eigenvalue weighted by Crippen LogP contribution is -2.30. The number of allylic oxidation sites excluding steroid dienone is 4. The van der Waals surface area contributed by atoms with E-state index in [1.165, 1.54) is 10.8 Å². The van der Waals surface area contributed by atoms with Crippen LogP contribution in [0, 0.1) is 0 Å². The van der Waals surface area contributed by atoms with Crippen LogP contribution in [0.25, 0.3) is 49.4 Å². The highest BCUT2D eigenvalue weighted by Gasteiger charge is 2.39. The molecule has 2 aliphatic rings. The summed E-state index contributed by atoms with van der Waals surface area (Å²) < 4.78 is 8.41. The number of ketones is 1. The summed E-state index contributed by atoms with van der Waals surface area (Å²) in [6, 6.07) is 37.0. The first-order valence-electron chi connectivity index (χ1n) is 14.5. The molecule has 0 saturated carbocycles. The summed E-state index contributed by atoms with van der Waals surface area (Å²) in [5.41, 5.74) is 7.83. The lowest BCUT2D eigenvalue weighted by Gasteiger charge is -2.26. The number of aromatic nitrogens is 1. The molecular formula is C38H24N2O3. The number of hydrogen-bond donors (Lipinski definition) is 0. The van der Waals surface area contributed by atoms with Crippen molar-refractivity contribution in [3.8, 4) is 5.69 Å². The Balaban J connectivity index is 1.11. The minimum absolute atomic E-state index is 0.0464. The zero-order valence-electron chi connectivity index (χ0n) is 23.0. The maximum Gasteiger partial charge on any atom is 0.303 e. The van der Waals surface area contributed by atoms with Gasteiger partial charge in [0.05, 0.1) is 22.3 Å². The van der Waals surface area contributed by atoms with E-state index in [0.717, 1.165) is 44.3 Å². The Morgan fingerprint density at radius 2 is 1.44 bits per heavy atom. The van der Waals surface area contributed by atoms with Crippen LogP contribution in [-0.4, -0.2) is 16.3 Å². The van der Waals surface area contributed by atoms with Crippen LogP contribution in [0.2, 0.25) is 0 Å². The lowest BCUT2D eigenvalue weighted by molar-refractivity contribution is -0.113. The summed E-state index contributed by atoms with van der Waals surface area (Å²) >= 11 is 0. The third-order valence-corrected chi connectivity index (χ3v) is 8.87. The van der Waals surface area contributed by atoms with E-state index in [-0.39, 0.29) is 5.92 Å². The van der Waals surface area contributed by atoms with Crippen molar-refractivity contribution in [3.05, 3.63) is 144 Å². The Morgan fingerprint density at radius 1 is 0.674 bits per heavy atom. The van der Waals surface area contributed by atoms with Crippen LogP contribution in [0.5, 0.6) is 0 Å². The van der Waals surface area contributed by atoms with E-state index in [0.29, 0.717) is 23.3 Å². The van der Waals surface area contributed by atoms with Crippen LogP contribution in [0.3, 0.4) is 0 Å². The highest BCUT2D eigenvalue weighted by molar-refractivity contribution is 6.53. The molecule has 1 aliphatic carbocycles. The highest BCUT2D eigenvalue weighted by Crippen LogP contribution is 2.42. The van der Waals surface area contributed by atoms with Crippen molar-refractivity contribution in [3.63, 3.8) is 0 Å². The van der Waals surface area contributed by atoms with Crippen molar-refractivity contribution in [2.75, 3.05) is 4.90 Å². The summed E-state index contributed by atoms with van der Waals surface area (Å²) in [6.07, 6.45) is 6.71. The molecule has 0 spiro atoms. The molecule has 1 atom stereocenters. The van der Waals surface area contributed by atoms with Crippen molar-refractivity contribution in [1.29, 1.82) is 0 Å². The van der Waals surface area contributed by atoms with Gasteiger partial charge in [0.2, 0.25) is 0 Å². The number of carbonyl (C=O) groups is 2. The van der Waals surface area contributed by atoms with Crippen molar-refractivity contribution in [2.24, 2.45) is 0 Å². The summed E-state index contributed by atoms with van der Waals surface area (Å²) in [4.78, 5) is 28.2. The van der Waals surface area contributed by atoms with Gasteiger partial charge in [0, 0.05) is 44.9 Å². The van der Waals surface area contributed by atoms with Gasteiger partial charge in [0.1, 0.15) is 11.2 Å². The molecule has 9 rings (SSSR count). The van der Waals surface area contributed by atoms with E-state index in [2.05, 4.69) is 77.4 Å². The van der Waals surface area contributed by atoms with E-state index in [1.54, 1.807) is 4.90 Å². The van der Waals surface area contributed by atoms with Crippen LogP contribution < -0.4 is 4.90 Å². The highest BCUT2D eigenvalue weighted by atomic mass is 16.3. The third-order valence-electron chi connectivity index (χ3n) is 8.87. The molecule has 1 unspecified atom stereocenters. The van der Waals surface area contributed by atoms with E-state index < -0.39 is 11.7 Å². The quantitative estimate of drug-likeness (QED) is 0.204. The number of fused-ring (bicyclic) bond motifs is 7. The maximum absolute atomic E-state index is 13.4. The molecule has 0 radical (unpaired) electrons. The Hall–Kier alpha value is -5.68. The monoisotopic (exact) mass is 556 g/mol. The van der Waals surface area contributed by atoms with Crippen LogP contribution in [-0.2, 0) is 4.79 Å². The molecule has 2 aromatic heterocycles. The molecule has 43 heavy (non-hydrogen) atoms. The van der Waals surface area contributed by atoms with E-state index in [1.807, 2.05) is 54.6 Å². The Bertz CT molecular complexity index is 2370. The second-order valence-electron chi connectivity index (χ2n) is 11.3. The molecule has 3 heterocycles. The van der Waals surface area contributed by atoms with E-state index in [9.17, 15) is 9.59 Å². The first kappa shape index (κ1) is 24.0. The van der Waals surface area contributed by atoms with Crippen LogP contribution >= 0.6 is 0 Å². The van der Waals surface area contributed by atoms with Crippen molar-refractivity contribution in [2.45, 2.75) is 12.3 Å². The van der Waals surface area contributed by atoms with Crippen molar-refractivity contribution >= 4 is 61.1 Å². The van der Waals surface area contributed by atoms with Gasteiger partial charge in [0.15, 0.2) is 0 Å². The van der Waals surface area contributed by atoms with Crippen molar-refractivity contribution < 1.29 is 14.0 Å². The molecule has 1 amide bonds. The summed E-state index contributed by atoms with van der Waals surface area (Å²) in [5.74, 6) is -0.955. The third kappa shape index (κ3) is 3.45. The molecule has 0 bridgehead atoms. The SMILES string of the molecule is O=C1C(=O)N(C2=CC=CC(c3ccc4c(c3)c3ccccc3n4-c3ccccc3)C2)c2cc3oc4ccccc4c3cc21. The number of rotatable bonds is 3. The molecule has 0 N–H and O–H groups in total. The van der Waals surface area contributed by atoms with Gasteiger partial charge < -0.3 is 8.98 Å². The van der Waals surface area contributed by atoms with Gasteiger partial charge >= 0.3 is 5.91 Å². The fourth-order valence-corrected chi connectivity index (χ4v) is 6.87. The van der Waals surface area contributed by atoms with Crippen molar-refractivity contribution in [1.82, 2.24) is 4.57 Å². The molecule has 7 aromatic rings. The Kier molecular flexibility index (Phi) is 4.97. The standard InChI is InChI=1S/C38H24N2O3/c41-37-31-21-30-28-14-5-7-16-35(28)43-36(30)22-34(31)40(38(37)42)26-12-8-9-23(19-26)24-17-18-33-29(20-24)27-13-4-6-15-32(27)39(33)25-10-2-1-3-11-25/h1-18,20-23H,19H2. The predicted molar refractivity (Wildman–Crippen MR) is 171 cm³/mol. The number of nitrogens with zero attached hydrogens (tertiary/aromatic N) is 2. The van der Waals surface area contributed by atoms with Gasteiger partial charge in [-0.25, -0.2) is 0 Å². The van der Waals surface area contributed by atoms with Crippen LogP contribution in [0.1, 0.15) is 28.3 Å². The summed E-state index contributed by atoms with van der Waals surface area (Å²) in [7, 11) is 0. The normalized spacial score (nSPS) is 16.6. The molecule has 204 valence electrons.